The normalized spacial score (nSPS) is 11.3. The van der Waals surface area contributed by atoms with Gasteiger partial charge in [-0.1, -0.05) is 68.4 Å². The van der Waals surface area contributed by atoms with Gasteiger partial charge in [0.15, 0.2) is 0 Å². The van der Waals surface area contributed by atoms with E-state index in [4.69, 9.17) is 0 Å². The molecule has 0 atom stereocenters. The third-order valence-electron chi connectivity index (χ3n) is 3.49. The summed E-state index contributed by atoms with van der Waals surface area (Å²) < 4.78 is 0. The van der Waals surface area contributed by atoms with Crippen LogP contribution in [0.1, 0.15) is 30.5 Å². The molecule has 0 aliphatic rings. The van der Waals surface area contributed by atoms with Crippen molar-refractivity contribution in [3.8, 4) is 0 Å². The molecule has 1 N–H and O–H groups in total. The maximum atomic E-state index is 3.44. The van der Waals surface area contributed by atoms with E-state index in [1.54, 1.807) is 0 Å². The molecule has 21 heavy (non-hydrogen) atoms. The second-order valence-electron chi connectivity index (χ2n) is 6.01. The highest BCUT2D eigenvalue weighted by Gasteiger charge is 2.02. The zero-order valence-electron chi connectivity index (χ0n) is 13.3. The van der Waals surface area contributed by atoms with E-state index in [0.29, 0.717) is 6.04 Å². The van der Waals surface area contributed by atoms with Gasteiger partial charge in [-0.05, 0) is 23.7 Å². The van der Waals surface area contributed by atoms with Gasteiger partial charge in [0, 0.05) is 25.7 Å². The molecule has 2 aromatic rings. The van der Waals surface area contributed by atoms with Gasteiger partial charge in [0.05, 0.1) is 0 Å². The van der Waals surface area contributed by atoms with Crippen LogP contribution in [0, 0.1) is 0 Å². The number of hydrogen-bond donors (Lipinski definition) is 1. The summed E-state index contributed by atoms with van der Waals surface area (Å²) in [5, 5.41) is 3.44. The van der Waals surface area contributed by atoms with Crippen molar-refractivity contribution in [1.29, 1.82) is 0 Å². The van der Waals surface area contributed by atoms with Crippen LogP contribution in [-0.2, 0) is 19.6 Å². The topological polar surface area (TPSA) is 15.3 Å². The Labute approximate surface area is 128 Å². The molecular formula is C19H26N2. The molecular weight excluding hydrogens is 256 g/mol. The smallest absolute Gasteiger partial charge is 0.0234 e. The highest BCUT2D eigenvalue weighted by molar-refractivity contribution is 5.22. The van der Waals surface area contributed by atoms with Gasteiger partial charge in [-0.2, -0.15) is 0 Å². The largest absolute Gasteiger partial charge is 0.310 e. The van der Waals surface area contributed by atoms with Crippen LogP contribution in [0.2, 0.25) is 0 Å². The van der Waals surface area contributed by atoms with Crippen LogP contribution in [0.15, 0.2) is 54.6 Å². The molecule has 2 nitrogen and oxygen atoms in total. The third-order valence-corrected chi connectivity index (χ3v) is 3.49. The number of nitrogens with zero attached hydrogens (tertiary/aromatic N) is 1. The maximum absolute atomic E-state index is 3.44. The first kappa shape index (κ1) is 15.7. The van der Waals surface area contributed by atoms with E-state index in [1.807, 2.05) is 0 Å². The zero-order chi connectivity index (χ0) is 15.1. The Morgan fingerprint density at radius 3 is 1.90 bits per heavy atom. The van der Waals surface area contributed by atoms with Crippen LogP contribution in [-0.4, -0.2) is 18.0 Å². The molecule has 2 aromatic carbocycles. The monoisotopic (exact) mass is 282 g/mol. The van der Waals surface area contributed by atoms with E-state index >= 15 is 0 Å². The van der Waals surface area contributed by atoms with Gasteiger partial charge in [-0.25, -0.2) is 0 Å². The molecule has 0 saturated heterocycles. The molecule has 0 aliphatic carbocycles. The quantitative estimate of drug-likeness (QED) is 0.830. The second-order valence-corrected chi connectivity index (χ2v) is 6.01. The molecule has 0 fully saturated rings. The van der Waals surface area contributed by atoms with Crippen molar-refractivity contribution >= 4 is 0 Å². The minimum atomic E-state index is 0.529. The molecule has 112 valence electrons. The number of hydrogen-bond acceptors (Lipinski definition) is 2. The Balaban J connectivity index is 1.85. The Hall–Kier alpha value is -1.64. The van der Waals surface area contributed by atoms with Crippen LogP contribution in [0.25, 0.3) is 0 Å². The average Bonchev–Trinajstić information content (AvgIpc) is 2.47. The van der Waals surface area contributed by atoms with Crippen molar-refractivity contribution in [3.63, 3.8) is 0 Å². The summed E-state index contributed by atoms with van der Waals surface area (Å²) in [4.78, 5) is 2.34. The molecule has 0 aliphatic heterocycles. The lowest BCUT2D eigenvalue weighted by molar-refractivity contribution is 0.319. The van der Waals surface area contributed by atoms with Gasteiger partial charge >= 0.3 is 0 Å². The highest BCUT2D eigenvalue weighted by atomic mass is 15.1. The number of nitrogens with one attached hydrogen (secondary N) is 1. The van der Waals surface area contributed by atoms with Crippen LogP contribution < -0.4 is 5.32 Å². The van der Waals surface area contributed by atoms with Crippen LogP contribution >= 0.6 is 0 Å². The van der Waals surface area contributed by atoms with E-state index < -0.39 is 0 Å². The van der Waals surface area contributed by atoms with Crippen molar-refractivity contribution in [3.05, 3.63) is 71.3 Å². The summed E-state index contributed by atoms with van der Waals surface area (Å²) in [6.45, 7) is 7.25. The van der Waals surface area contributed by atoms with Crippen molar-refractivity contribution in [2.45, 2.75) is 39.5 Å². The summed E-state index contributed by atoms with van der Waals surface area (Å²) in [5.74, 6) is 0. The van der Waals surface area contributed by atoms with Crippen molar-refractivity contribution in [2.75, 3.05) is 7.05 Å². The fraction of sp³-hybridized carbons (Fsp3) is 0.368. The van der Waals surface area contributed by atoms with Gasteiger partial charge in [-0.15, -0.1) is 0 Å². The van der Waals surface area contributed by atoms with E-state index in [-0.39, 0.29) is 0 Å². The summed E-state index contributed by atoms with van der Waals surface area (Å²) in [5.41, 5.74) is 4.07. The standard InChI is InChI=1S/C19H26N2/c1-16(2)20-13-17-9-11-19(12-10-17)15-21(3)14-18-7-5-4-6-8-18/h4-12,16,20H,13-15H2,1-3H3. The summed E-state index contributed by atoms with van der Waals surface area (Å²) in [6.07, 6.45) is 0. The molecule has 0 spiro atoms. The van der Waals surface area contributed by atoms with Crippen molar-refractivity contribution in [2.24, 2.45) is 0 Å². The maximum Gasteiger partial charge on any atom is 0.0234 e. The average molecular weight is 282 g/mol. The van der Waals surface area contributed by atoms with Crippen molar-refractivity contribution in [1.82, 2.24) is 10.2 Å². The highest BCUT2D eigenvalue weighted by Crippen LogP contribution is 2.10. The minimum Gasteiger partial charge on any atom is -0.310 e. The lowest BCUT2D eigenvalue weighted by Gasteiger charge is -2.17. The second kappa shape index (κ2) is 7.96. The Bertz CT molecular complexity index is 517. The SMILES string of the molecule is CC(C)NCc1ccc(CN(C)Cc2ccccc2)cc1. The molecule has 2 rings (SSSR count). The fourth-order valence-electron chi connectivity index (χ4n) is 2.35. The molecule has 0 amide bonds. The molecule has 0 saturated carbocycles. The summed E-state index contributed by atoms with van der Waals surface area (Å²) in [7, 11) is 2.17. The van der Waals surface area contributed by atoms with Crippen molar-refractivity contribution < 1.29 is 0 Å². The van der Waals surface area contributed by atoms with E-state index in [9.17, 15) is 0 Å². The predicted octanol–water partition coefficient (Wildman–Crippen LogP) is 3.82. The van der Waals surface area contributed by atoms with E-state index in [2.05, 4.69) is 85.7 Å². The zero-order valence-corrected chi connectivity index (χ0v) is 13.3. The van der Waals surface area contributed by atoms with Gasteiger partial charge in [0.2, 0.25) is 0 Å². The Morgan fingerprint density at radius 2 is 1.33 bits per heavy atom. The number of benzene rings is 2. The predicted molar refractivity (Wildman–Crippen MR) is 90.0 cm³/mol. The lowest BCUT2D eigenvalue weighted by atomic mass is 10.1. The third kappa shape index (κ3) is 5.70. The molecule has 2 heteroatoms. The van der Waals surface area contributed by atoms with Crippen LogP contribution in [0.4, 0.5) is 0 Å². The molecule has 0 unspecified atom stereocenters. The first-order valence-corrected chi connectivity index (χ1v) is 7.67. The minimum absolute atomic E-state index is 0.529. The number of rotatable bonds is 7. The van der Waals surface area contributed by atoms with Gasteiger partial charge in [0.1, 0.15) is 0 Å². The lowest BCUT2D eigenvalue weighted by Crippen LogP contribution is -2.21. The first-order chi connectivity index (χ1) is 10.1. The first-order valence-electron chi connectivity index (χ1n) is 7.67. The van der Waals surface area contributed by atoms with Gasteiger partial charge in [-0.3, -0.25) is 4.90 Å². The fourth-order valence-corrected chi connectivity index (χ4v) is 2.35. The van der Waals surface area contributed by atoms with Crippen LogP contribution in [0.5, 0.6) is 0 Å². The van der Waals surface area contributed by atoms with E-state index in [0.717, 1.165) is 19.6 Å². The van der Waals surface area contributed by atoms with Gasteiger partial charge in [0.25, 0.3) is 0 Å². The molecule has 0 heterocycles. The van der Waals surface area contributed by atoms with Crippen LogP contribution in [0.3, 0.4) is 0 Å². The summed E-state index contributed by atoms with van der Waals surface area (Å²) >= 11 is 0. The molecule has 0 radical (unpaired) electrons. The summed E-state index contributed by atoms with van der Waals surface area (Å²) in [6, 6.07) is 20.1. The molecule has 0 bridgehead atoms. The Kier molecular flexibility index (Phi) is 5.97. The van der Waals surface area contributed by atoms with Gasteiger partial charge < -0.3 is 5.32 Å². The Morgan fingerprint density at radius 1 is 0.810 bits per heavy atom. The molecule has 0 aromatic heterocycles. The van der Waals surface area contributed by atoms with E-state index in [1.165, 1.54) is 16.7 Å².